The molecule has 2 aliphatic heterocycles. The summed E-state index contributed by atoms with van der Waals surface area (Å²) in [7, 11) is 0. The van der Waals surface area contributed by atoms with Crippen LogP contribution in [0.15, 0.2) is 35.3 Å². The minimum atomic E-state index is -0.338. The highest BCUT2D eigenvalue weighted by atomic mass is 16.3. The molecule has 4 heterocycles. The van der Waals surface area contributed by atoms with E-state index in [0.717, 1.165) is 63.2 Å². The molecule has 0 amide bonds. The number of benzene rings is 1. The van der Waals surface area contributed by atoms with Crippen molar-refractivity contribution in [3.05, 3.63) is 40.8 Å². The van der Waals surface area contributed by atoms with Crippen LogP contribution >= 0.6 is 0 Å². The second-order valence-electron chi connectivity index (χ2n) is 11.2. The predicted molar refractivity (Wildman–Crippen MR) is 149 cm³/mol. The largest absolute Gasteiger partial charge is 0.396 e. The number of fused-ring (bicyclic) bond motifs is 1. The summed E-state index contributed by atoms with van der Waals surface area (Å²) in [6.07, 6.45) is 6.10. The Bertz CT molecular complexity index is 1350. The van der Waals surface area contributed by atoms with Gasteiger partial charge in [0.2, 0.25) is 5.95 Å². The van der Waals surface area contributed by atoms with Gasteiger partial charge in [0.1, 0.15) is 16.7 Å². The number of aromatic amines is 1. The number of piperidine rings is 2. The Hall–Kier alpha value is -3.71. The molecule has 200 valence electrons. The average Bonchev–Trinajstić information content (AvgIpc) is 2.94. The summed E-state index contributed by atoms with van der Waals surface area (Å²) < 4.78 is 0. The van der Waals surface area contributed by atoms with Gasteiger partial charge in [0, 0.05) is 50.6 Å². The highest BCUT2D eigenvalue weighted by Gasteiger charge is 2.32. The Kier molecular flexibility index (Phi) is 7.47. The zero-order valence-corrected chi connectivity index (χ0v) is 22.2. The number of nitrogens with one attached hydrogen (secondary N) is 2. The summed E-state index contributed by atoms with van der Waals surface area (Å²) >= 11 is 0. The number of H-pyrrole nitrogens is 1. The summed E-state index contributed by atoms with van der Waals surface area (Å²) in [5.74, 6) is 1.94. The number of aliphatic hydroxyl groups is 1. The molecule has 0 aliphatic carbocycles. The standard InChI is InChI=1S/C28H36N8O2/c1-28(2,18-37)20-10-15-35(16-11-20)22-5-3-21(4-6-22)31-25-24-23(17-30-34-26(24)38)32-27(33-25)36-13-8-19(7-12-29)9-14-36/h3-6,17,19-20,37H,7-11,13-16,18H2,1-2H3,(H,34,38)(H,31,32,33). The lowest BCUT2D eigenvalue weighted by atomic mass is 9.74. The molecule has 0 radical (unpaired) electrons. The van der Waals surface area contributed by atoms with Gasteiger partial charge < -0.3 is 20.2 Å². The Morgan fingerprint density at radius 2 is 1.76 bits per heavy atom. The van der Waals surface area contributed by atoms with Gasteiger partial charge in [-0.25, -0.2) is 10.1 Å². The molecule has 2 fully saturated rings. The van der Waals surface area contributed by atoms with Crippen LogP contribution in [0.25, 0.3) is 10.9 Å². The minimum Gasteiger partial charge on any atom is -0.396 e. The molecule has 2 aromatic heterocycles. The lowest BCUT2D eigenvalue weighted by molar-refractivity contribution is 0.0812. The molecule has 0 unspecified atom stereocenters. The van der Waals surface area contributed by atoms with E-state index in [1.807, 2.05) is 12.1 Å². The third kappa shape index (κ3) is 5.43. The Labute approximate surface area is 222 Å². The van der Waals surface area contributed by atoms with Crippen molar-refractivity contribution in [2.45, 2.75) is 46.0 Å². The first-order chi connectivity index (χ1) is 18.4. The van der Waals surface area contributed by atoms with Crippen molar-refractivity contribution in [1.29, 1.82) is 5.26 Å². The average molecular weight is 517 g/mol. The SMILES string of the molecule is CC(C)(CO)C1CCN(c2ccc(Nc3nc(N4CCC(CC#N)CC4)nc4cn[nH]c(=O)c34)cc2)CC1. The molecule has 5 rings (SSSR count). The molecular weight excluding hydrogens is 480 g/mol. The van der Waals surface area contributed by atoms with Crippen LogP contribution in [-0.2, 0) is 0 Å². The predicted octanol–water partition coefficient (Wildman–Crippen LogP) is 3.82. The van der Waals surface area contributed by atoms with Crippen molar-refractivity contribution in [3.63, 3.8) is 0 Å². The lowest BCUT2D eigenvalue weighted by Gasteiger charge is -2.40. The first kappa shape index (κ1) is 25.9. The highest BCUT2D eigenvalue weighted by molar-refractivity contribution is 5.90. The molecule has 0 saturated carbocycles. The van der Waals surface area contributed by atoms with E-state index in [4.69, 9.17) is 10.2 Å². The molecule has 2 aliphatic rings. The van der Waals surface area contributed by atoms with Crippen molar-refractivity contribution in [3.8, 4) is 6.07 Å². The lowest BCUT2D eigenvalue weighted by Crippen LogP contribution is -2.40. The minimum absolute atomic E-state index is 0.0427. The van der Waals surface area contributed by atoms with Crippen LogP contribution < -0.4 is 20.7 Å². The molecule has 38 heavy (non-hydrogen) atoms. The molecule has 2 saturated heterocycles. The third-order valence-corrected chi connectivity index (χ3v) is 8.29. The second-order valence-corrected chi connectivity index (χ2v) is 11.2. The highest BCUT2D eigenvalue weighted by Crippen LogP contribution is 2.36. The van der Waals surface area contributed by atoms with E-state index in [0.29, 0.717) is 40.9 Å². The Morgan fingerprint density at radius 1 is 1.08 bits per heavy atom. The van der Waals surface area contributed by atoms with E-state index in [9.17, 15) is 9.90 Å². The van der Waals surface area contributed by atoms with Gasteiger partial charge in [-0.2, -0.15) is 15.3 Å². The van der Waals surface area contributed by atoms with Crippen LogP contribution in [0.1, 0.15) is 46.0 Å². The quantitative estimate of drug-likeness (QED) is 0.428. The van der Waals surface area contributed by atoms with E-state index in [1.165, 1.54) is 0 Å². The van der Waals surface area contributed by atoms with Crippen molar-refractivity contribution in [1.82, 2.24) is 20.2 Å². The van der Waals surface area contributed by atoms with E-state index in [1.54, 1.807) is 6.20 Å². The summed E-state index contributed by atoms with van der Waals surface area (Å²) in [6.45, 7) is 7.99. The first-order valence-corrected chi connectivity index (χ1v) is 13.5. The Balaban J connectivity index is 1.33. The van der Waals surface area contributed by atoms with Gasteiger partial charge in [-0.05, 0) is 67.2 Å². The summed E-state index contributed by atoms with van der Waals surface area (Å²) in [6, 6.07) is 10.5. The maximum Gasteiger partial charge on any atom is 0.277 e. The molecular formula is C28H36N8O2. The molecule has 3 aromatic rings. The number of aliphatic hydroxyl groups excluding tert-OH is 1. The fourth-order valence-electron chi connectivity index (χ4n) is 5.63. The number of anilines is 4. The van der Waals surface area contributed by atoms with E-state index in [-0.39, 0.29) is 17.6 Å². The molecule has 0 atom stereocenters. The molecule has 3 N–H and O–H groups in total. The first-order valence-electron chi connectivity index (χ1n) is 13.5. The van der Waals surface area contributed by atoms with Crippen LogP contribution in [-0.4, -0.2) is 58.1 Å². The Morgan fingerprint density at radius 3 is 2.42 bits per heavy atom. The number of aromatic nitrogens is 4. The van der Waals surface area contributed by atoms with Crippen molar-refractivity contribution in [2.75, 3.05) is 47.9 Å². The molecule has 0 bridgehead atoms. The fourth-order valence-corrected chi connectivity index (χ4v) is 5.63. The van der Waals surface area contributed by atoms with Crippen LogP contribution in [0.2, 0.25) is 0 Å². The van der Waals surface area contributed by atoms with Gasteiger partial charge in [-0.3, -0.25) is 4.79 Å². The van der Waals surface area contributed by atoms with Crippen molar-refractivity contribution >= 4 is 34.0 Å². The van der Waals surface area contributed by atoms with E-state index < -0.39 is 0 Å². The second kappa shape index (κ2) is 11.0. The maximum atomic E-state index is 12.7. The van der Waals surface area contributed by atoms with E-state index >= 15 is 0 Å². The van der Waals surface area contributed by atoms with Crippen LogP contribution in [0.5, 0.6) is 0 Å². The number of hydrogen-bond acceptors (Lipinski definition) is 9. The van der Waals surface area contributed by atoms with Crippen molar-refractivity contribution < 1.29 is 5.11 Å². The van der Waals surface area contributed by atoms with Crippen molar-refractivity contribution in [2.24, 2.45) is 17.3 Å². The van der Waals surface area contributed by atoms with Crippen LogP contribution in [0, 0.1) is 28.6 Å². The number of nitrogens with zero attached hydrogens (tertiary/aromatic N) is 6. The topological polar surface area (TPSA) is 134 Å². The van der Waals surface area contributed by atoms with Gasteiger partial charge in [0.05, 0.1) is 12.3 Å². The monoisotopic (exact) mass is 516 g/mol. The fraction of sp³-hybridized carbons (Fsp3) is 0.536. The summed E-state index contributed by atoms with van der Waals surface area (Å²) in [5.41, 5.74) is 2.10. The van der Waals surface area contributed by atoms with Gasteiger partial charge >= 0.3 is 0 Å². The smallest absolute Gasteiger partial charge is 0.277 e. The van der Waals surface area contributed by atoms with E-state index in [2.05, 4.69) is 62.3 Å². The number of hydrogen-bond donors (Lipinski definition) is 3. The molecule has 10 nitrogen and oxygen atoms in total. The van der Waals surface area contributed by atoms with Gasteiger partial charge in [-0.15, -0.1) is 0 Å². The number of rotatable bonds is 7. The zero-order chi connectivity index (χ0) is 26.7. The number of nitriles is 1. The van der Waals surface area contributed by atoms with Gasteiger partial charge in [0.15, 0.2) is 0 Å². The molecule has 10 heteroatoms. The summed E-state index contributed by atoms with van der Waals surface area (Å²) in [5, 5.41) is 28.9. The van der Waals surface area contributed by atoms with Crippen LogP contribution in [0.4, 0.5) is 23.1 Å². The maximum absolute atomic E-state index is 12.7. The normalized spacial score (nSPS) is 17.5. The van der Waals surface area contributed by atoms with Crippen LogP contribution in [0.3, 0.4) is 0 Å². The third-order valence-electron chi connectivity index (χ3n) is 8.29. The molecule has 0 spiro atoms. The van der Waals surface area contributed by atoms with Gasteiger partial charge in [0.25, 0.3) is 5.56 Å². The summed E-state index contributed by atoms with van der Waals surface area (Å²) in [4.78, 5) is 26.6. The molecule has 1 aromatic carbocycles. The zero-order valence-electron chi connectivity index (χ0n) is 22.2. The van der Waals surface area contributed by atoms with Gasteiger partial charge in [-0.1, -0.05) is 13.8 Å².